The van der Waals surface area contributed by atoms with Crippen molar-refractivity contribution in [2.75, 3.05) is 18.6 Å². The Kier molecular flexibility index (Phi) is 7.09. The number of hydrogen-bond donors (Lipinski definition) is 2. The van der Waals surface area contributed by atoms with Crippen molar-refractivity contribution >= 4 is 17.7 Å². The quantitative estimate of drug-likeness (QED) is 0.604. The second-order valence-electron chi connectivity index (χ2n) is 3.42. The summed E-state index contributed by atoms with van der Waals surface area (Å²) in [7, 11) is 0. The maximum Gasteiger partial charge on any atom is 0.234 e. The van der Waals surface area contributed by atoms with Crippen molar-refractivity contribution in [3.05, 3.63) is 0 Å². The van der Waals surface area contributed by atoms with Crippen LogP contribution >= 0.6 is 11.8 Å². The summed E-state index contributed by atoms with van der Waals surface area (Å²) in [6.45, 7) is 4.86. The van der Waals surface area contributed by atoms with Gasteiger partial charge in [0.15, 0.2) is 0 Å². The Morgan fingerprint density at radius 1 is 1.54 bits per heavy atom. The van der Waals surface area contributed by atoms with Gasteiger partial charge < -0.3 is 11.1 Å². The van der Waals surface area contributed by atoms with E-state index in [1.54, 1.807) is 0 Å². The molecule has 0 fully saturated rings. The molecule has 13 heavy (non-hydrogen) atoms. The summed E-state index contributed by atoms with van der Waals surface area (Å²) in [6.07, 6.45) is 3.16. The highest BCUT2D eigenvalue weighted by Gasteiger charge is 2.17. The van der Waals surface area contributed by atoms with Gasteiger partial charge in [-0.2, -0.15) is 11.8 Å². The van der Waals surface area contributed by atoms with Crippen LogP contribution in [0.4, 0.5) is 0 Å². The lowest BCUT2D eigenvalue weighted by atomic mass is 10.0. The lowest BCUT2D eigenvalue weighted by Crippen LogP contribution is -2.45. The number of amides is 1. The highest BCUT2D eigenvalue weighted by atomic mass is 32.2. The molecule has 0 aromatic heterocycles. The zero-order valence-electron chi connectivity index (χ0n) is 8.67. The van der Waals surface area contributed by atoms with Crippen molar-refractivity contribution in [3.8, 4) is 0 Å². The third kappa shape index (κ3) is 5.93. The fourth-order valence-corrected chi connectivity index (χ4v) is 1.57. The van der Waals surface area contributed by atoms with E-state index >= 15 is 0 Å². The molecule has 0 aliphatic carbocycles. The molecule has 0 aliphatic heterocycles. The summed E-state index contributed by atoms with van der Waals surface area (Å²) in [5, 5.41) is 3.17. The van der Waals surface area contributed by atoms with E-state index in [4.69, 9.17) is 5.73 Å². The number of primary amides is 1. The van der Waals surface area contributed by atoms with Crippen molar-refractivity contribution < 1.29 is 4.79 Å². The highest BCUT2D eigenvalue weighted by molar-refractivity contribution is 7.98. The predicted molar refractivity (Wildman–Crippen MR) is 58.8 cm³/mol. The second-order valence-corrected chi connectivity index (χ2v) is 4.41. The monoisotopic (exact) mass is 204 g/mol. The fourth-order valence-electron chi connectivity index (χ4n) is 1.14. The van der Waals surface area contributed by atoms with E-state index in [1.165, 1.54) is 0 Å². The SMILES string of the molecule is CSCCCNC(C(N)=O)C(C)C. The molecule has 1 amide bonds. The molecule has 0 spiro atoms. The molecule has 0 heterocycles. The normalized spacial score (nSPS) is 13.2. The Bertz CT molecular complexity index is 151. The van der Waals surface area contributed by atoms with E-state index in [9.17, 15) is 4.79 Å². The first-order valence-corrected chi connectivity index (χ1v) is 6.00. The summed E-state index contributed by atoms with van der Waals surface area (Å²) in [5.74, 6) is 1.14. The lowest BCUT2D eigenvalue weighted by molar-refractivity contribution is -0.120. The van der Waals surface area contributed by atoms with Gasteiger partial charge in [-0.3, -0.25) is 4.79 Å². The zero-order valence-corrected chi connectivity index (χ0v) is 9.49. The average molecular weight is 204 g/mol. The topological polar surface area (TPSA) is 55.1 Å². The van der Waals surface area contributed by atoms with Gasteiger partial charge in [-0.05, 0) is 30.9 Å². The minimum absolute atomic E-state index is 0.179. The number of nitrogens with two attached hydrogens (primary N) is 1. The predicted octanol–water partition coefficient (Wildman–Crippen LogP) is 0.839. The highest BCUT2D eigenvalue weighted by Crippen LogP contribution is 2.01. The summed E-state index contributed by atoms with van der Waals surface area (Å²) >= 11 is 1.81. The molecule has 0 bridgehead atoms. The van der Waals surface area contributed by atoms with Gasteiger partial charge in [0.05, 0.1) is 6.04 Å². The van der Waals surface area contributed by atoms with Crippen LogP contribution in [0, 0.1) is 5.92 Å². The second kappa shape index (κ2) is 7.21. The van der Waals surface area contributed by atoms with Crippen LogP contribution in [-0.2, 0) is 4.79 Å². The number of thioether (sulfide) groups is 1. The van der Waals surface area contributed by atoms with Crippen LogP contribution in [0.1, 0.15) is 20.3 Å². The molecule has 1 atom stereocenters. The molecular formula is C9H20N2OS. The largest absolute Gasteiger partial charge is 0.368 e. The van der Waals surface area contributed by atoms with E-state index < -0.39 is 0 Å². The minimum atomic E-state index is -0.251. The van der Waals surface area contributed by atoms with Crippen molar-refractivity contribution in [2.45, 2.75) is 26.3 Å². The maximum atomic E-state index is 11.0. The lowest BCUT2D eigenvalue weighted by Gasteiger charge is -2.18. The Balaban J connectivity index is 3.64. The molecular weight excluding hydrogens is 184 g/mol. The first-order chi connectivity index (χ1) is 6.09. The first-order valence-electron chi connectivity index (χ1n) is 4.61. The Morgan fingerprint density at radius 2 is 2.15 bits per heavy atom. The standard InChI is InChI=1S/C9H20N2OS/c1-7(2)8(9(10)12)11-5-4-6-13-3/h7-8,11H,4-6H2,1-3H3,(H2,10,12). The number of carbonyl (C=O) groups excluding carboxylic acids is 1. The minimum Gasteiger partial charge on any atom is -0.368 e. The van der Waals surface area contributed by atoms with Gasteiger partial charge in [0.25, 0.3) is 0 Å². The number of hydrogen-bond acceptors (Lipinski definition) is 3. The van der Waals surface area contributed by atoms with Crippen LogP contribution in [-0.4, -0.2) is 30.5 Å². The van der Waals surface area contributed by atoms with Gasteiger partial charge in [-0.15, -0.1) is 0 Å². The van der Waals surface area contributed by atoms with Crippen LogP contribution in [0.3, 0.4) is 0 Å². The van der Waals surface area contributed by atoms with Crippen LogP contribution in [0.5, 0.6) is 0 Å². The molecule has 0 aromatic rings. The van der Waals surface area contributed by atoms with Crippen molar-refractivity contribution in [2.24, 2.45) is 11.7 Å². The van der Waals surface area contributed by atoms with Crippen molar-refractivity contribution in [1.29, 1.82) is 0 Å². The third-order valence-electron chi connectivity index (χ3n) is 1.86. The molecule has 78 valence electrons. The van der Waals surface area contributed by atoms with Gasteiger partial charge in [-0.25, -0.2) is 0 Å². The molecule has 0 rings (SSSR count). The summed E-state index contributed by atoms with van der Waals surface area (Å²) in [5.41, 5.74) is 5.25. The van der Waals surface area contributed by atoms with Crippen molar-refractivity contribution in [3.63, 3.8) is 0 Å². The van der Waals surface area contributed by atoms with E-state index in [0.717, 1.165) is 18.7 Å². The summed E-state index contributed by atoms with van der Waals surface area (Å²) < 4.78 is 0. The molecule has 0 saturated carbocycles. The molecule has 3 nitrogen and oxygen atoms in total. The van der Waals surface area contributed by atoms with Gasteiger partial charge in [0.2, 0.25) is 5.91 Å². The van der Waals surface area contributed by atoms with E-state index in [-0.39, 0.29) is 17.9 Å². The average Bonchev–Trinajstić information content (AvgIpc) is 2.02. The van der Waals surface area contributed by atoms with Crippen LogP contribution < -0.4 is 11.1 Å². The molecule has 3 N–H and O–H groups in total. The molecule has 0 saturated heterocycles. The molecule has 0 aliphatic rings. The van der Waals surface area contributed by atoms with E-state index in [0.29, 0.717) is 0 Å². The smallest absolute Gasteiger partial charge is 0.234 e. The molecule has 4 heteroatoms. The van der Waals surface area contributed by atoms with Crippen molar-refractivity contribution in [1.82, 2.24) is 5.32 Å². The molecule has 0 aromatic carbocycles. The Labute approximate surface area is 84.8 Å². The summed E-state index contributed by atoms with van der Waals surface area (Å²) in [6, 6.07) is -0.179. The number of rotatable bonds is 7. The zero-order chi connectivity index (χ0) is 10.3. The van der Waals surface area contributed by atoms with Crippen LogP contribution in [0.25, 0.3) is 0 Å². The third-order valence-corrected chi connectivity index (χ3v) is 2.56. The van der Waals surface area contributed by atoms with Crippen LogP contribution in [0.2, 0.25) is 0 Å². The van der Waals surface area contributed by atoms with Gasteiger partial charge in [0, 0.05) is 0 Å². The summed E-state index contributed by atoms with van der Waals surface area (Å²) in [4.78, 5) is 11.0. The maximum absolute atomic E-state index is 11.0. The van der Waals surface area contributed by atoms with E-state index in [2.05, 4.69) is 11.6 Å². The number of carbonyl (C=O) groups is 1. The van der Waals surface area contributed by atoms with Gasteiger partial charge in [-0.1, -0.05) is 13.8 Å². The van der Waals surface area contributed by atoms with Gasteiger partial charge in [0.1, 0.15) is 0 Å². The molecule has 0 radical (unpaired) electrons. The first kappa shape index (κ1) is 12.8. The number of nitrogens with one attached hydrogen (secondary N) is 1. The Morgan fingerprint density at radius 3 is 2.54 bits per heavy atom. The van der Waals surface area contributed by atoms with E-state index in [1.807, 2.05) is 25.6 Å². The fraction of sp³-hybridized carbons (Fsp3) is 0.889. The van der Waals surface area contributed by atoms with Crippen LogP contribution in [0.15, 0.2) is 0 Å². The molecule has 1 unspecified atom stereocenters. The Hall–Kier alpha value is -0.220. The van der Waals surface area contributed by atoms with Gasteiger partial charge >= 0.3 is 0 Å².